The second kappa shape index (κ2) is 3.89. The maximum Gasteiger partial charge on any atom is 0.129 e. The Bertz CT molecular complexity index is 372. The summed E-state index contributed by atoms with van der Waals surface area (Å²) in [6.45, 7) is 1.51. The fourth-order valence-corrected chi connectivity index (χ4v) is 1.90. The van der Waals surface area contributed by atoms with Gasteiger partial charge in [-0.2, -0.15) is 0 Å². The molecule has 0 bridgehead atoms. The van der Waals surface area contributed by atoms with E-state index in [1.54, 1.807) is 0 Å². The highest BCUT2D eigenvalue weighted by Crippen LogP contribution is 2.38. The van der Waals surface area contributed by atoms with E-state index < -0.39 is 17.7 Å². The van der Waals surface area contributed by atoms with E-state index in [2.05, 4.69) is 0 Å². The highest BCUT2D eigenvalue weighted by Gasteiger charge is 2.29. The minimum atomic E-state index is -0.853. The molecule has 1 N–H and O–H groups in total. The first-order chi connectivity index (χ1) is 7.09. The van der Waals surface area contributed by atoms with Crippen LogP contribution in [-0.2, 0) is 0 Å². The van der Waals surface area contributed by atoms with E-state index in [0.717, 1.165) is 31.4 Å². The van der Waals surface area contributed by atoms with Crippen molar-refractivity contribution in [2.24, 2.45) is 5.92 Å². The van der Waals surface area contributed by atoms with E-state index in [4.69, 9.17) is 0 Å². The van der Waals surface area contributed by atoms with Gasteiger partial charge < -0.3 is 5.11 Å². The molecule has 0 saturated heterocycles. The fraction of sp³-hybridized carbons (Fsp3) is 0.500. The van der Waals surface area contributed by atoms with E-state index in [-0.39, 0.29) is 17.0 Å². The third-order valence-electron chi connectivity index (χ3n) is 3.19. The standard InChI is InChI=1S/C12H14F2O/c1-7-5-11(14)9(6-10(7)13)12(15)8-3-2-4-8/h5-6,8,12,15H,2-4H2,1H3. The zero-order valence-corrected chi connectivity index (χ0v) is 8.63. The highest BCUT2D eigenvalue weighted by atomic mass is 19.1. The molecular formula is C12H14F2O. The van der Waals surface area contributed by atoms with Gasteiger partial charge in [-0.25, -0.2) is 8.78 Å². The average Bonchev–Trinajstić information content (AvgIpc) is 2.08. The van der Waals surface area contributed by atoms with Gasteiger partial charge in [0, 0.05) is 5.56 Å². The Kier molecular flexibility index (Phi) is 2.74. The van der Waals surface area contributed by atoms with Crippen LogP contribution in [0.15, 0.2) is 12.1 Å². The molecule has 0 heterocycles. The van der Waals surface area contributed by atoms with Gasteiger partial charge in [0.1, 0.15) is 11.6 Å². The number of hydrogen-bond donors (Lipinski definition) is 1. The molecular weight excluding hydrogens is 198 g/mol. The van der Waals surface area contributed by atoms with Gasteiger partial charge in [-0.3, -0.25) is 0 Å². The Hall–Kier alpha value is -0.960. The molecule has 1 unspecified atom stereocenters. The molecule has 1 nitrogen and oxygen atoms in total. The van der Waals surface area contributed by atoms with Gasteiger partial charge >= 0.3 is 0 Å². The van der Waals surface area contributed by atoms with Gasteiger partial charge in [-0.05, 0) is 43.4 Å². The summed E-state index contributed by atoms with van der Waals surface area (Å²) in [7, 11) is 0. The van der Waals surface area contributed by atoms with Gasteiger partial charge in [-0.15, -0.1) is 0 Å². The molecule has 0 aliphatic heterocycles. The molecule has 3 heteroatoms. The normalized spacial score (nSPS) is 18.7. The second-order valence-electron chi connectivity index (χ2n) is 4.26. The number of aliphatic hydroxyl groups is 1. The van der Waals surface area contributed by atoms with E-state index in [1.807, 2.05) is 0 Å². The Morgan fingerprint density at radius 1 is 1.27 bits per heavy atom. The number of halogens is 2. The summed E-state index contributed by atoms with van der Waals surface area (Å²) in [5.41, 5.74) is 0.375. The maximum atomic E-state index is 13.5. The van der Waals surface area contributed by atoms with Crippen molar-refractivity contribution in [2.75, 3.05) is 0 Å². The molecule has 0 aromatic heterocycles. The molecule has 1 atom stereocenters. The van der Waals surface area contributed by atoms with E-state index in [9.17, 15) is 13.9 Å². The minimum Gasteiger partial charge on any atom is -0.388 e. The Balaban J connectivity index is 2.30. The van der Waals surface area contributed by atoms with Crippen LogP contribution in [0.3, 0.4) is 0 Å². The van der Waals surface area contributed by atoms with Crippen LogP contribution in [0, 0.1) is 24.5 Å². The van der Waals surface area contributed by atoms with Crippen LogP contribution in [-0.4, -0.2) is 5.11 Å². The summed E-state index contributed by atoms with van der Waals surface area (Å²) < 4.78 is 26.7. The Labute approximate surface area is 87.7 Å². The number of hydrogen-bond acceptors (Lipinski definition) is 1. The third-order valence-corrected chi connectivity index (χ3v) is 3.19. The van der Waals surface area contributed by atoms with Crippen LogP contribution in [0.1, 0.15) is 36.5 Å². The monoisotopic (exact) mass is 212 g/mol. The Morgan fingerprint density at radius 2 is 1.93 bits per heavy atom. The summed E-state index contributed by atoms with van der Waals surface area (Å²) in [6, 6.07) is 2.26. The number of benzene rings is 1. The van der Waals surface area contributed by atoms with Crippen LogP contribution < -0.4 is 0 Å². The molecule has 0 amide bonds. The predicted octanol–water partition coefficient (Wildman–Crippen LogP) is 3.11. The lowest BCUT2D eigenvalue weighted by molar-refractivity contribution is 0.0589. The van der Waals surface area contributed by atoms with E-state index in [0.29, 0.717) is 0 Å². The van der Waals surface area contributed by atoms with Crippen LogP contribution in [0.2, 0.25) is 0 Å². The molecule has 1 saturated carbocycles. The first-order valence-electron chi connectivity index (χ1n) is 5.23. The lowest BCUT2D eigenvalue weighted by atomic mass is 9.78. The molecule has 82 valence electrons. The number of aliphatic hydroxyl groups excluding tert-OH is 1. The van der Waals surface area contributed by atoms with Gasteiger partial charge in [-0.1, -0.05) is 6.42 Å². The summed E-state index contributed by atoms with van der Waals surface area (Å²) in [5.74, 6) is -0.861. The van der Waals surface area contributed by atoms with Crippen molar-refractivity contribution in [2.45, 2.75) is 32.3 Å². The van der Waals surface area contributed by atoms with Crippen molar-refractivity contribution in [3.63, 3.8) is 0 Å². The van der Waals surface area contributed by atoms with Crippen molar-refractivity contribution < 1.29 is 13.9 Å². The molecule has 0 radical (unpaired) electrons. The molecule has 15 heavy (non-hydrogen) atoms. The van der Waals surface area contributed by atoms with Gasteiger partial charge in [0.25, 0.3) is 0 Å². The summed E-state index contributed by atoms with van der Waals surface area (Å²) >= 11 is 0. The lowest BCUT2D eigenvalue weighted by Gasteiger charge is -2.30. The SMILES string of the molecule is Cc1cc(F)c(C(O)C2CCC2)cc1F. The molecule has 1 aromatic carbocycles. The zero-order chi connectivity index (χ0) is 11.0. The molecule has 1 aliphatic carbocycles. The van der Waals surface area contributed by atoms with Crippen LogP contribution >= 0.6 is 0 Å². The van der Waals surface area contributed by atoms with E-state index in [1.165, 1.54) is 6.92 Å². The second-order valence-corrected chi connectivity index (χ2v) is 4.26. The molecule has 1 fully saturated rings. The highest BCUT2D eigenvalue weighted by molar-refractivity contribution is 5.27. The molecule has 1 aromatic rings. The molecule has 1 aliphatic rings. The van der Waals surface area contributed by atoms with Crippen molar-refractivity contribution in [3.8, 4) is 0 Å². The van der Waals surface area contributed by atoms with E-state index >= 15 is 0 Å². The van der Waals surface area contributed by atoms with Crippen LogP contribution in [0.5, 0.6) is 0 Å². The zero-order valence-electron chi connectivity index (χ0n) is 8.63. The lowest BCUT2D eigenvalue weighted by Crippen LogP contribution is -2.21. The fourth-order valence-electron chi connectivity index (χ4n) is 1.90. The summed E-state index contributed by atoms with van der Waals surface area (Å²) in [5, 5.41) is 9.83. The predicted molar refractivity (Wildman–Crippen MR) is 53.4 cm³/mol. The van der Waals surface area contributed by atoms with Crippen molar-refractivity contribution in [1.82, 2.24) is 0 Å². The summed E-state index contributed by atoms with van der Waals surface area (Å²) in [6.07, 6.45) is 2.01. The van der Waals surface area contributed by atoms with Crippen molar-refractivity contribution in [1.29, 1.82) is 0 Å². The molecule has 2 rings (SSSR count). The maximum absolute atomic E-state index is 13.5. The first kappa shape index (κ1) is 10.6. The van der Waals surface area contributed by atoms with Crippen molar-refractivity contribution in [3.05, 3.63) is 34.9 Å². The van der Waals surface area contributed by atoms with Gasteiger partial charge in [0.05, 0.1) is 6.10 Å². The summed E-state index contributed by atoms with van der Waals surface area (Å²) in [4.78, 5) is 0. The minimum absolute atomic E-state index is 0.0987. The van der Waals surface area contributed by atoms with Gasteiger partial charge in [0.15, 0.2) is 0 Å². The Morgan fingerprint density at radius 3 is 2.47 bits per heavy atom. The topological polar surface area (TPSA) is 20.2 Å². The van der Waals surface area contributed by atoms with Crippen LogP contribution in [0.4, 0.5) is 8.78 Å². The molecule has 0 spiro atoms. The van der Waals surface area contributed by atoms with Crippen molar-refractivity contribution >= 4 is 0 Å². The quantitative estimate of drug-likeness (QED) is 0.798. The first-order valence-corrected chi connectivity index (χ1v) is 5.23. The smallest absolute Gasteiger partial charge is 0.129 e. The largest absolute Gasteiger partial charge is 0.388 e. The third kappa shape index (κ3) is 1.88. The number of rotatable bonds is 2. The average molecular weight is 212 g/mol. The number of aryl methyl sites for hydroxylation is 1. The van der Waals surface area contributed by atoms with Gasteiger partial charge in [0.2, 0.25) is 0 Å². The van der Waals surface area contributed by atoms with Crippen LogP contribution in [0.25, 0.3) is 0 Å².